The molecule has 20 heteroatoms. The van der Waals surface area contributed by atoms with Gasteiger partial charge in [0.2, 0.25) is 16.8 Å². The summed E-state index contributed by atoms with van der Waals surface area (Å²) in [5.41, 5.74) is -3.12. The Kier molecular flexibility index (Phi) is 17.3. The van der Waals surface area contributed by atoms with E-state index in [4.69, 9.17) is 23.6 Å². The second-order valence-corrected chi connectivity index (χ2v) is 22.6. The van der Waals surface area contributed by atoms with Gasteiger partial charge in [0, 0.05) is 98.2 Å². The molecule has 8 rings (SSSR count). The Balaban J connectivity index is 1.37. The summed E-state index contributed by atoms with van der Waals surface area (Å²) >= 11 is 0. The predicted octanol–water partition coefficient (Wildman–Crippen LogP) is 5.24. The van der Waals surface area contributed by atoms with Gasteiger partial charge >= 0.3 is 11.8 Å². The highest BCUT2D eigenvalue weighted by molar-refractivity contribution is 6.17. The third kappa shape index (κ3) is 11.5. The molecule has 1 saturated heterocycles. The minimum Gasteiger partial charge on any atom is -0.507 e. The molecule has 4 aliphatic heterocycles. The van der Waals surface area contributed by atoms with Gasteiger partial charge < -0.3 is 64.2 Å². The molecule has 420 valence electrons. The molecule has 0 spiro atoms. The Labute approximate surface area is 451 Å². The molecule has 78 heavy (non-hydrogen) atoms. The molecule has 4 aliphatic rings. The van der Waals surface area contributed by atoms with Gasteiger partial charge in [0.1, 0.15) is 47.4 Å². The van der Waals surface area contributed by atoms with Crippen LogP contribution in [0.5, 0.6) is 11.5 Å². The standard InChI is InChI=1S/C58H73N5O15/c1-28(2)25-62-17-19-63(20-18-62)37-22-38(66)44-39(23-37)76-53-45(60-44)41-42-49(70)35(9)52-43(41)54(72)58(12,78-52)75-21-16-29(3)32(6)51(77-56(74)57(10,11)24-40(67)59-36(26-64)27-65)34(8)48(69)33(7)47(68)30(4)14-13-15-31(5)55(73)61-46(53)50(42)71/h13-16,21-23,26-30,32-34,36,47-48,51,68-70,72H,17-20,24-25H2,1-12H3,(H,59,67)(H,61,73)/b14-13+,21-16+,31-15-/t29-,30-,32+,33+,34+,47-,48+,51+,58-/m0/s1. The van der Waals surface area contributed by atoms with Crippen molar-refractivity contribution < 1.29 is 63.0 Å². The van der Waals surface area contributed by atoms with Gasteiger partial charge in [-0.15, -0.1) is 0 Å². The van der Waals surface area contributed by atoms with E-state index in [9.17, 15) is 54.0 Å². The molecule has 1 fully saturated rings. The van der Waals surface area contributed by atoms with E-state index in [0.29, 0.717) is 24.7 Å². The number of phenols is 1. The first-order valence-corrected chi connectivity index (χ1v) is 26.5. The van der Waals surface area contributed by atoms with Crippen LogP contribution in [0.1, 0.15) is 88.1 Å². The molecule has 5 bridgehead atoms. The number of phenolic OH excluding ortho intramolecular Hbond substituents is 1. The highest BCUT2D eigenvalue weighted by Crippen LogP contribution is 2.43. The van der Waals surface area contributed by atoms with Crippen molar-refractivity contribution in [3.63, 3.8) is 0 Å². The maximum Gasteiger partial charge on any atom is 0.312 e. The molecule has 5 heterocycles. The van der Waals surface area contributed by atoms with Crippen molar-refractivity contribution in [1.82, 2.24) is 15.2 Å². The lowest BCUT2D eigenvalue weighted by Gasteiger charge is -2.39. The molecule has 0 unspecified atom stereocenters. The molecule has 0 saturated carbocycles. The lowest BCUT2D eigenvalue weighted by molar-refractivity contribution is -0.172. The number of aromatic hydroxyl groups is 1. The average molecular weight is 1080 g/mol. The van der Waals surface area contributed by atoms with Gasteiger partial charge in [0.05, 0.1) is 34.5 Å². The van der Waals surface area contributed by atoms with Crippen molar-refractivity contribution in [2.75, 3.05) is 42.9 Å². The number of rotatable bonds is 10. The number of anilines is 2. The number of carbonyl (C=O) groups is 5. The average Bonchev–Trinajstić information content (AvgIpc) is 3.90. The molecule has 3 aromatic carbocycles. The number of aromatic nitrogens is 1. The van der Waals surface area contributed by atoms with Crippen molar-refractivity contribution in [2.45, 2.75) is 120 Å². The van der Waals surface area contributed by atoms with Gasteiger partial charge in [-0.3, -0.25) is 28.9 Å². The lowest BCUT2D eigenvalue weighted by Crippen LogP contribution is -2.47. The van der Waals surface area contributed by atoms with Crippen molar-refractivity contribution in [1.29, 1.82) is 0 Å². The minimum atomic E-state index is -2.03. The van der Waals surface area contributed by atoms with Crippen LogP contribution in [0.25, 0.3) is 38.7 Å². The molecular formula is C58H73N5O15. The van der Waals surface area contributed by atoms with Crippen LogP contribution in [-0.4, -0.2) is 124 Å². The number of aliphatic hydroxyl groups excluding tert-OH is 3. The fourth-order valence-electron chi connectivity index (χ4n) is 10.5. The Bertz CT molecular complexity index is 3290. The van der Waals surface area contributed by atoms with Gasteiger partial charge in [-0.25, -0.2) is 4.98 Å². The summed E-state index contributed by atoms with van der Waals surface area (Å²) in [6, 6.07) is 1.72. The van der Waals surface area contributed by atoms with E-state index < -0.39 is 117 Å². The number of fused-ring (bicyclic) bond motifs is 14. The molecule has 0 radical (unpaired) electrons. The van der Waals surface area contributed by atoms with Crippen molar-refractivity contribution in [3.8, 4) is 11.5 Å². The van der Waals surface area contributed by atoms with E-state index in [0.717, 1.165) is 19.6 Å². The third-order valence-corrected chi connectivity index (χ3v) is 15.6. The molecule has 6 N–H and O–H groups in total. The number of aldehydes is 2. The summed E-state index contributed by atoms with van der Waals surface area (Å²) in [6.07, 6.45) is 4.02. The van der Waals surface area contributed by atoms with Crippen LogP contribution in [0.15, 0.2) is 62.3 Å². The zero-order chi connectivity index (χ0) is 57.5. The number of benzene rings is 3. The highest BCUT2D eigenvalue weighted by atomic mass is 16.7. The number of aliphatic hydroxyl groups is 3. The number of hydrogen-bond acceptors (Lipinski definition) is 18. The van der Waals surface area contributed by atoms with Crippen molar-refractivity contribution in [2.24, 2.45) is 40.9 Å². The normalized spacial score (nSPS) is 27.3. The number of allylic oxidation sites excluding steroid dienone is 3. The lowest BCUT2D eigenvalue weighted by atomic mass is 9.76. The zero-order valence-electron chi connectivity index (χ0n) is 46.3. The highest BCUT2D eigenvalue weighted by Gasteiger charge is 2.45. The molecule has 4 aromatic rings. The van der Waals surface area contributed by atoms with Gasteiger partial charge in [-0.05, 0) is 51.5 Å². The topological polar surface area (TPSA) is 285 Å². The molecule has 9 atom stereocenters. The number of hydrogen-bond donors (Lipinski definition) is 6. The van der Waals surface area contributed by atoms with E-state index in [1.807, 2.05) is 0 Å². The number of ether oxygens (including phenoxy) is 3. The number of nitrogens with one attached hydrogen (secondary N) is 2. The summed E-state index contributed by atoms with van der Waals surface area (Å²) in [5.74, 6) is -8.53. The van der Waals surface area contributed by atoms with E-state index in [-0.39, 0.29) is 67.6 Å². The zero-order valence-corrected chi connectivity index (χ0v) is 46.3. The Morgan fingerprint density at radius 2 is 1.59 bits per heavy atom. The number of amides is 2. The van der Waals surface area contributed by atoms with Crippen LogP contribution in [0.4, 0.5) is 11.4 Å². The van der Waals surface area contributed by atoms with Crippen LogP contribution in [0.3, 0.4) is 0 Å². The quantitative estimate of drug-likeness (QED) is 0.0389. The molecule has 20 nitrogen and oxygen atoms in total. The summed E-state index contributed by atoms with van der Waals surface area (Å²) in [4.78, 5) is 102. The van der Waals surface area contributed by atoms with Crippen LogP contribution >= 0.6 is 0 Å². The summed E-state index contributed by atoms with van der Waals surface area (Å²) < 4.78 is 25.3. The van der Waals surface area contributed by atoms with Crippen LogP contribution in [-0.2, 0) is 33.4 Å². The second kappa shape index (κ2) is 23.0. The Morgan fingerprint density at radius 3 is 2.23 bits per heavy atom. The van der Waals surface area contributed by atoms with Crippen molar-refractivity contribution in [3.05, 3.63) is 79.5 Å². The first kappa shape index (κ1) is 58.5. The SMILES string of the molecule is C/C1=C/C=C/[C@H](C)[C@H](O)[C@@H](C)[C@@H](O)[C@@H](C)[C@H](OC(=O)C(C)(C)CC(=O)NC(C=O)C=O)[C@H](C)[C@@H](C)/C=C/O[C@@]2(C)Oc3c(C)c(O)c4c(=O)c(c5oc6cc(N7CCN(CC(C)C)CC7)cc(=O)c6nc5c4c3=C2O)NC1=O. The Morgan fingerprint density at radius 1 is 0.923 bits per heavy atom. The van der Waals surface area contributed by atoms with E-state index in [1.54, 1.807) is 58.9 Å². The van der Waals surface area contributed by atoms with Gasteiger partial charge in [-0.2, -0.15) is 0 Å². The van der Waals surface area contributed by atoms with Crippen LogP contribution in [0.2, 0.25) is 0 Å². The van der Waals surface area contributed by atoms with Crippen LogP contribution in [0, 0.1) is 47.8 Å². The molecular weight excluding hydrogens is 1010 g/mol. The fraction of sp³-hybridized carbons (Fsp3) is 0.517. The summed E-state index contributed by atoms with van der Waals surface area (Å²) in [5, 5.41) is 52.3. The number of esters is 1. The first-order valence-electron chi connectivity index (χ1n) is 26.5. The molecule has 1 aromatic heterocycles. The van der Waals surface area contributed by atoms with Crippen LogP contribution < -0.4 is 36.3 Å². The predicted molar refractivity (Wildman–Crippen MR) is 294 cm³/mol. The summed E-state index contributed by atoms with van der Waals surface area (Å²) in [7, 11) is 0. The minimum absolute atomic E-state index is 0.0144. The van der Waals surface area contributed by atoms with Gasteiger partial charge in [0.25, 0.3) is 5.91 Å². The third-order valence-electron chi connectivity index (χ3n) is 15.6. The maximum absolute atomic E-state index is 15.0. The first-order chi connectivity index (χ1) is 36.6. The van der Waals surface area contributed by atoms with Gasteiger partial charge in [-0.1, -0.05) is 66.7 Å². The van der Waals surface area contributed by atoms with E-state index >= 15 is 0 Å². The molecule has 2 amide bonds. The largest absolute Gasteiger partial charge is 0.507 e. The maximum atomic E-state index is 15.0. The van der Waals surface area contributed by atoms with Crippen molar-refractivity contribution >= 4 is 80.5 Å². The number of piperazine rings is 1. The number of carbonyl (C=O) groups excluding carboxylic acids is 5. The van der Waals surface area contributed by atoms with Gasteiger partial charge in [0.15, 0.2) is 22.4 Å². The monoisotopic (exact) mass is 1080 g/mol. The molecule has 0 aliphatic carbocycles. The van der Waals surface area contributed by atoms with E-state index in [1.165, 1.54) is 53.0 Å². The second-order valence-electron chi connectivity index (χ2n) is 22.6. The summed E-state index contributed by atoms with van der Waals surface area (Å²) in [6.45, 7) is 23.9. The fourth-order valence-corrected chi connectivity index (χ4v) is 10.5. The smallest absolute Gasteiger partial charge is 0.312 e. The number of nitrogens with zero attached hydrogens (tertiary/aromatic N) is 3. The Hall–Kier alpha value is -7.16. The van der Waals surface area contributed by atoms with E-state index in [2.05, 4.69) is 34.3 Å².